The lowest BCUT2D eigenvalue weighted by molar-refractivity contribution is 0.471. The number of fused-ring (bicyclic) bond motifs is 2. The van der Waals surface area contributed by atoms with Crippen LogP contribution in [-0.2, 0) is 13.0 Å². The van der Waals surface area contributed by atoms with Gasteiger partial charge in [-0.3, -0.25) is 0 Å². The van der Waals surface area contributed by atoms with E-state index >= 15 is 0 Å². The Morgan fingerprint density at radius 2 is 1.84 bits per heavy atom. The van der Waals surface area contributed by atoms with E-state index in [0.717, 1.165) is 79.0 Å². The van der Waals surface area contributed by atoms with Gasteiger partial charge < -0.3 is 14.5 Å². The molecule has 2 fully saturated rings. The van der Waals surface area contributed by atoms with Gasteiger partial charge >= 0.3 is 0 Å². The van der Waals surface area contributed by atoms with Gasteiger partial charge in [0.05, 0.1) is 0 Å². The Morgan fingerprint density at radius 3 is 2.78 bits per heavy atom. The van der Waals surface area contributed by atoms with Crippen LogP contribution in [0.3, 0.4) is 0 Å². The highest BCUT2D eigenvalue weighted by molar-refractivity contribution is 5.77. The molecule has 1 saturated heterocycles. The molecule has 3 aliphatic rings. The number of nitrogens with one attached hydrogen (secondary N) is 1. The first-order valence-corrected chi connectivity index (χ1v) is 11.8. The number of H-pyrrole nitrogens is 1. The summed E-state index contributed by atoms with van der Waals surface area (Å²) >= 11 is 0. The summed E-state index contributed by atoms with van der Waals surface area (Å²) in [6, 6.07) is 10.4. The number of aromatic amines is 1. The zero-order chi connectivity index (χ0) is 21.1. The van der Waals surface area contributed by atoms with Crippen LogP contribution in [0.1, 0.15) is 61.3 Å². The van der Waals surface area contributed by atoms with Crippen molar-refractivity contribution in [2.45, 2.75) is 56.9 Å². The van der Waals surface area contributed by atoms with Crippen molar-refractivity contribution in [2.75, 3.05) is 18.0 Å². The predicted molar refractivity (Wildman–Crippen MR) is 122 cm³/mol. The summed E-state index contributed by atoms with van der Waals surface area (Å²) < 4.78 is 2.34. The van der Waals surface area contributed by atoms with Gasteiger partial charge in [-0.25, -0.2) is 15.0 Å². The minimum atomic E-state index is 0.410. The Balaban J connectivity index is 1.16. The highest BCUT2D eigenvalue weighted by atomic mass is 15.3. The van der Waals surface area contributed by atoms with Crippen molar-refractivity contribution in [3.8, 4) is 11.5 Å². The molecule has 2 aliphatic heterocycles. The second-order valence-corrected chi connectivity index (χ2v) is 9.36. The maximum absolute atomic E-state index is 4.94. The van der Waals surface area contributed by atoms with Gasteiger partial charge in [-0.05, 0) is 56.4 Å². The Labute approximate surface area is 186 Å². The number of aryl methyl sites for hydroxylation is 1. The number of piperidine rings is 1. The summed E-state index contributed by atoms with van der Waals surface area (Å²) in [6.45, 7) is 3.01. The lowest BCUT2D eigenvalue weighted by atomic mass is 9.97. The van der Waals surface area contributed by atoms with Gasteiger partial charge in [0.2, 0.25) is 0 Å². The molecule has 1 atom stereocenters. The van der Waals surface area contributed by atoms with Crippen molar-refractivity contribution in [1.29, 1.82) is 0 Å². The molecule has 4 aromatic rings. The molecule has 1 aliphatic carbocycles. The smallest absolute Gasteiger partial charge is 0.160 e. The fourth-order valence-corrected chi connectivity index (χ4v) is 5.24. The van der Waals surface area contributed by atoms with Crippen LogP contribution in [0.4, 0.5) is 5.82 Å². The molecule has 0 bridgehead atoms. The zero-order valence-corrected chi connectivity index (χ0v) is 18.0. The summed E-state index contributed by atoms with van der Waals surface area (Å²) in [4.78, 5) is 20.3. The van der Waals surface area contributed by atoms with Crippen molar-refractivity contribution in [2.24, 2.45) is 0 Å². The van der Waals surface area contributed by atoms with Gasteiger partial charge in [0.15, 0.2) is 11.5 Å². The second-order valence-electron chi connectivity index (χ2n) is 9.36. The van der Waals surface area contributed by atoms with E-state index in [1.165, 1.54) is 25.0 Å². The van der Waals surface area contributed by atoms with Gasteiger partial charge in [0, 0.05) is 43.6 Å². The molecule has 4 aromatic heterocycles. The SMILES string of the molecule is c1cc(-c2nc3ccc(N4CCCC(c5nnc6n5CCC6)C4)nc3[nH]2)nc(C2CC2)c1. The standard InChI is InChI=1S/C24H26N8/c1-5-17(15-8-9-15)25-18(6-1)22-26-19-10-11-20(27-23(19)28-22)31-12-2-4-16(14-31)24-30-29-21-7-3-13-32(21)24/h1,5-6,10-11,15-16H,2-4,7-9,12-14H2,(H,26,27,28). The third kappa shape index (κ3) is 3.08. The maximum Gasteiger partial charge on any atom is 0.160 e. The number of hydrogen-bond acceptors (Lipinski definition) is 6. The largest absolute Gasteiger partial charge is 0.356 e. The summed E-state index contributed by atoms with van der Waals surface area (Å²) in [5.41, 5.74) is 3.77. The third-order valence-corrected chi connectivity index (χ3v) is 7.09. The van der Waals surface area contributed by atoms with E-state index in [1.54, 1.807) is 0 Å². The van der Waals surface area contributed by atoms with E-state index in [2.05, 4.69) is 48.9 Å². The van der Waals surface area contributed by atoms with Crippen LogP contribution in [-0.4, -0.2) is 47.8 Å². The van der Waals surface area contributed by atoms with Crippen LogP contribution >= 0.6 is 0 Å². The number of nitrogens with zero attached hydrogens (tertiary/aromatic N) is 7. The monoisotopic (exact) mass is 426 g/mol. The van der Waals surface area contributed by atoms with E-state index in [0.29, 0.717) is 11.8 Å². The fourth-order valence-electron chi connectivity index (χ4n) is 5.24. The number of anilines is 1. The first-order chi connectivity index (χ1) is 15.8. The highest BCUT2D eigenvalue weighted by Crippen LogP contribution is 2.39. The third-order valence-electron chi connectivity index (χ3n) is 7.09. The molecule has 32 heavy (non-hydrogen) atoms. The van der Waals surface area contributed by atoms with Crippen molar-refractivity contribution >= 4 is 17.0 Å². The van der Waals surface area contributed by atoms with E-state index in [9.17, 15) is 0 Å². The molecular weight excluding hydrogens is 400 g/mol. The average molecular weight is 427 g/mol. The molecule has 162 valence electrons. The molecule has 8 heteroatoms. The molecule has 0 amide bonds. The van der Waals surface area contributed by atoms with Crippen molar-refractivity contribution < 1.29 is 0 Å². The van der Waals surface area contributed by atoms with Gasteiger partial charge in [0.25, 0.3) is 0 Å². The summed E-state index contributed by atoms with van der Waals surface area (Å²) in [6.07, 6.45) is 7.04. The van der Waals surface area contributed by atoms with Gasteiger partial charge in [-0.2, -0.15) is 0 Å². The Kier molecular flexibility index (Phi) is 4.07. The summed E-state index contributed by atoms with van der Waals surface area (Å²) in [7, 11) is 0. The van der Waals surface area contributed by atoms with Crippen LogP contribution < -0.4 is 4.90 Å². The molecule has 0 spiro atoms. The lowest BCUT2D eigenvalue weighted by Crippen LogP contribution is -2.35. The zero-order valence-electron chi connectivity index (χ0n) is 18.0. The minimum Gasteiger partial charge on any atom is -0.356 e. The van der Waals surface area contributed by atoms with Crippen molar-refractivity contribution in [3.63, 3.8) is 0 Å². The maximum atomic E-state index is 4.94. The van der Waals surface area contributed by atoms with Crippen LogP contribution in [0.5, 0.6) is 0 Å². The number of hydrogen-bond donors (Lipinski definition) is 1. The minimum absolute atomic E-state index is 0.410. The molecule has 6 heterocycles. The quantitative estimate of drug-likeness (QED) is 0.534. The fraction of sp³-hybridized carbons (Fsp3) is 0.458. The van der Waals surface area contributed by atoms with Crippen LogP contribution in [0.15, 0.2) is 30.3 Å². The van der Waals surface area contributed by atoms with Crippen LogP contribution in [0.25, 0.3) is 22.7 Å². The van der Waals surface area contributed by atoms with E-state index in [-0.39, 0.29) is 0 Å². The van der Waals surface area contributed by atoms with Gasteiger partial charge in [-0.1, -0.05) is 6.07 Å². The van der Waals surface area contributed by atoms with Crippen LogP contribution in [0.2, 0.25) is 0 Å². The molecular formula is C24H26N8. The summed E-state index contributed by atoms with van der Waals surface area (Å²) in [5, 5.41) is 8.97. The predicted octanol–water partition coefficient (Wildman–Crippen LogP) is 3.82. The molecule has 0 aromatic carbocycles. The van der Waals surface area contributed by atoms with Crippen molar-refractivity contribution in [3.05, 3.63) is 47.7 Å². The lowest BCUT2D eigenvalue weighted by Gasteiger charge is -2.33. The van der Waals surface area contributed by atoms with E-state index < -0.39 is 0 Å². The molecule has 0 radical (unpaired) electrons. The molecule has 1 unspecified atom stereocenters. The number of pyridine rings is 2. The number of imidazole rings is 1. The first kappa shape index (κ1) is 18.3. The normalized spacial score (nSPS) is 20.8. The molecule has 1 saturated carbocycles. The van der Waals surface area contributed by atoms with Crippen LogP contribution in [0, 0.1) is 0 Å². The van der Waals surface area contributed by atoms with Gasteiger partial charge in [-0.15, -0.1) is 10.2 Å². The Hall–Kier alpha value is -3.29. The molecule has 1 N–H and O–H groups in total. The summed E-state index contributed by atoms with van der Waals surface area (Å²) in [5.74, 6) is 5.14. The van der Waals surface area contributed by atoms with Gasteiger partial charge in [0.1, 0.15) is 28.7 Å². The Morgan fingerprint density at radius 1 is 0.875 bits per heavy atom. The average Bonchev–Trinajstić information content (AvgIpc) is 3.24. The number of rotatable bonds is 4. The highest BCUT2D eigenvalue weighted by Gasteiger charge is 2.29. The first-order valence-electron chi connectivity index (χ1n) is 11.8. The van der Waals surface area contributed by atoms with E-state index in [1.807, 2.05) is 6.07 Å². The Bertz CT molecular complexity index is 1300. The topological polar surface area (TPSA) is 88.4 Å². The van der Waals surface area contributed by atoms with Crippen molar-refractivity contribution in [1.82, 2.24) is 34.7 Å². The van der Waals surface area contributed by atoms with E-state index in [4.69, 9.17) is 15.0 Å². The number of aromatic nitrogens is 7. The second kappa shape index (κ2) is 7.12. The molecule has 7 rings (SSSR count). The molecule has 8 nitrogen and oxygen atoms in total.